The molecule has 0 aliphatic heterocycles. The van der Waals surface area contributed by atoms with E-state index in [9.17, 15) is 0 Å². The normalized spacial score (nSPS) is 19.2. The average molecular weight is 194 g/mol. The Bertz CT molecular complexity index is 336. The Labute approximate surface area is 83.2 Å². The fourth-order valence-electron chi connectivity index (χ4n) is 1.70. The van der Waals surface area contributed by atoms with Gasteiger partial charge in [0, 0.05) is 10.6 Å². The van der Waals surface area contributed by atoms with Gasteiger partial charge in [-0.25, -0.2) is 0 Å². The Morgan fingerprint density at radius 3 is 2.54 bits per heavy atom. The molecule has 0 heterocycles. The van der Waals surface area contributed by atoms with Gasteiger partial charge in [-0.1, -0.05) is 35.9 Å². The summed E-state index contributed by atoms with van der Waals surface area (Å²) in [5, 5.41) is 0.759. The van der Waals surface area contributed by atoms with Crippen molar-refractivity contribution in [2.75, 3.05) is 0 Å². The zero-order chi connectivity index (χ0) is 9.31. The van der Waals surface area contributed by atoms with Crippen molar-refractivity contribution < 1.29 is 0 Å². The SMILES string of the molecule is NC1(c2cccc(Cl)c2)CC=CC1. The monoisotopic (exact) mass is 193 g/mol. The Morgan fingerprint density at radius 1 is 1.23 bits per heavy atom. The van der Waals surface area contributed by atoms with Gasteiger partial charge < -0.3 is 5.73 Å². The topological polar surface area (TPSA) is 26.0 Å². The maximum atomic E-state index is 6.23. The van der Waals surface area contributed by atoms with Crippen LogP contribution in [0.3, 0.4) is 0 Å². The first kappa shape index (κ1) is 8.79. The lowest BCUT2D eigenvalue weighted by Crippen LogP contribution is -2.33. The lowest BCUT2D eigenvalue weighted by Gasteiger charge is -2.24. The Kier molecular flexibility index (Phi) is 2.14. The molecule has 68 valence electrons. The summed E-state index contributed by atoms with van der Waals surface area (Å²) < 4.78 is 0. The second-order valence-corrected chi connectivity index (χ2v) is 3.98. The van der Waals surface area contributed by atoms with Crippen molar-refractivity contribution in [2.24, 2.45) is 5.73 Å². The number of nitrogens with two attached hydrogens (primary N) is 1. The third-order valence-corrected chi connectivity index (χ3v) is 2.77. The molecule has 0 saturated heterocycles. The van der Waals surface area contributed by atoms with Crippen LogP contribution in [0.5, 0.6) is 0 Å². The molecule has 13 heavy (non-hydrogen) atoms. The molecule has 0 spiro atoms. The first-order chi connectivity index (χ1) is 6.21. The summed E-state index contributed by atoms with van der Waals surface area (Å²) in [5.41, 5.74) is 7.14. The Balaban J connectivity index is 2.35. The van der Waals surface area contributed by atoms with Crippen LogP contribution in [-0.2, 0) is 5.54 Å². The predicted octanol–water partition coefficient (Wildman–Crippen LogP) is 2.84. The van der Waals surface area contributed by atoms with Crippen molar-refractivity contribution in [1.82, 2.24) is 0 Å². The number of hydrogen-bond donors (Lipinski definition) is 1. The molecule has 2 heteroatoms. The number of rotatable bonds is 1. The van der Waals surface area contributed by atoms with E-state index in [0.717, 1.165) is 23.4 Å². The summed E-state index contributed by atoms with van der Waals surface area (Å²) in [7, 11) is 0. The third kappa shape index (κ3) is 1.62. The van der Waals surface area contributed by atoms with Crippen molar-refractivity contribution in [3.63, 3.8) is 0 Å². The highest BCUT2D eigenvalue weighted by Crippen LogP contribution is 2.32. The second kappa shape index (κ2) is 3.17. The molecule has 0 aromatic heterocycles. The molecule has 1 aliphatic rings. The van der Waals surface area contributed by atoms with Crippen LogP contribution >= 0.6 is 11.6 Å². The van der Waals surface area contributed by atoms with Crippen molar-refractivity contribution in [2.45, 2.75) is 18.4 Å². The zero-order valence-corrected chi connectivity index (χ0v) is 8.09. The van der Waals surface area contributed by atoms with Crippen molar-refractivity contribution in [3.8, 4) is 0 Å². The molecule has 0 unspecified atom stereocenters. The van der Waals surface area contributed by atoms with Gasteiger partial charge in [-0.15, -0.1) is 0 Å². The summed E-state index contributed by atoms with van der Waals surface area (Å²) in [4.78, 5) is 0. The van der Waals surface area contributed by atoms with E-state index in [-0.39, 0.29) is 5.54 Å². The molecular formula is C11H12ClN. The smallest absolute Gasteiger partial charge is 0.0479 e. The van der Waals surface area contributed by atoms with Gasteiger partial charge in [0.2, 0.25) is 0 Å². The van der Waals surface area contributed by atoms with Crippen LogP contribution in [0, 0.1) is 0 Å². The molecular weight excluding hydrogens is 182 g/mol. The van der Waals surface area contributed by atoms with Gasteiger partial charge in [0.1, 0.15) is 0 Å². The van der Waals surface area contributed by atoms with E-state index in [0.29, 0.717) is 0 Å². The first-order valence-corrected chi connectivity index (χ1v) is 4.78. The van der Waals surface area contributed by atoms with E-state index in [1.807, 2.05) is 24.3 Å². The Morgan fingerprint density at radius 2 is 1.92 bits per heavy atom. The number of hydrogen-bond acceptors (Lipinski definition) is 1. The van der Waals surface area contributed by atoms with Gasteiger partial charge in [-0.05, 0) is 30.5 Å². The van der Waals surface area contributed by atoms with Crippen molar-refractivity contribution >= 4 is 11.6 Å². The van der Waals surface area contributed by atoms with Crippen LogP contribution in [0.2, 0.25) is 5.02 Å². The lowest BCUT2D eigenvalue weighted by molar-refractivity contribution is 0.480. The highest BCUT2D eigenvalue weighted by atomic mass is 35.5. The third-order valence-electron chi connectivity index (χ3n) is 2.53. The van der Waals surface area contributed by atoms with Gasteiger partial charge in [0.25, 0.3) is 0 Å². The van der Waals surface area contributed by atoms with E-state index in [2.05, 4.69) is 12.2 Å². The fraction of sp³-hybridized carbons (Fsp3) is 0.273. The quantitative estimate of drug-likeness (QED) is 0.682. The zero-order valence-electron chi connectivity index (χ0n) is 7.33. The number of halogens is 1. The molecule has 2 N–H and O–H groups in total. The standard InChI is InChI=1S/C11H12ClN/c12-10-5-3-4-9(8-10)11(13)6-1-2-7-11/h1-5,8H,6-7,13H2. The lowest BCUT2D eigenvalue weighted by atomic mass is 9.89. The molecule has 0 amide bonds. The average Bonchev–Trinajstić information content (AvgIpc) is 2.54. The fourth-order valence-corrected chi connectivity index (χ4v) is 1.89. The van der Waals surface area contributed by atoms with E-state index in [1.54, 1.807) is 0 Å². The molecule has 1 aliphatic carbocycles. The molecule has 1 aromatic rings. The van der Waals surface area contributed by atoms with E-state index >= 15 is 0 Å². The second-order valence-electron chi connectivity index (χ2n) is 3.55. The number of benzene rings is 1. The highest BCUT2D eigenvalue weighted by Gasteiger charge is 2.27. The maximum absolute atomic E-state index is 6.23. The molecule has 0 saturated carbocycles. The summed E-state index contributed by atoms with van der Waals surface area (Å²) in [5.74, 6) is 0. The highest BCUT2D eigenvalue weighted by molar-refractivity contribution is 6.30. The van der Waals surface area contributed by atoms with E-state index in [1.165, 1.54) is 0 Å². The molecule has 0 fully saturated rings. The van der Waals surface area contributed by atoms with Crippen LogP contribution < -0.4 is 5.73 Å². The largest absolute Gasteiger partial charge is 0.321 e. The minimum Gasteiger partial charge on any atom is -0.321 e. The molecule has 1 nitrogen and oxygen atoms in total. The van der Waals surface area contributed by atoms with Crippen LogP contribution in [0.15, 0.2) is 36.4 Å². The van der Waals surface area contributed by atoms with Gasteiger partial charge in [-0.2, -0.15) is 0 Å². The molecule has 1 aromatic carbocycles. The maximum Gasteiger partial charge on any atom is 0.0479 e. The van der Waals surface area contributed by atoms with Crippen LogP contribution in [0.4, 0.5) is 0 Å². The molecule has 0 atom stereocenters. The molecule has 2 rings (SSSR count). The molecule has 0 bridgehead atoms. The summed E-state index contributed by atoms with van der Waals surface area (Å²) in [6.07, 6.45) is 6.07. The van der Waals surface area contributed by atoms with E-state index < -0.39 is 0 Å². The minimum absolute atomic E-state index is 0.217. The van der Waals surface area contributed by atoms with Crippen molar-refractivity contribution in [3.05, 3.63) is 47.0 Å². The summed E-state index contributed by atoms with van der Waals surface area (Å²) in [6, 6.07) is 7.81. The van der Waals surface area contributed by atoms with Gasteiger partial charge >= 0.3 is 0 Å². The first-order valence-electron chi connectivity index (χ1n) is 4.41. The van der Waals surface area contributed by atoms with Crippen LogP contribution in [0.25, 0.3) is 0 Å². The predicted molar refractivity (Wildman–Crippen MR) is 55.7 cm³/mol. The minimum atomic E-state index is -0.217. The van der Waals surface area contributed by atoms with Crippen molar-refractivity contribution in [1.29, 1.82) is 0 Å². The summed E-state index contributed by atoms with van der Waals surface area (Å²) in [6.45, 7) is 0. The Hall–Kier alpha value is -0.790. The van der Waals surface area contributed by atoms with Crippen LogP contribution in [-0.4, -0.2) is 0 Å². The van der Waals surface area contributed by atoms with Crippen LogP contribution in [0.1, 0.15) is 18.4 Å². The van der Waals surface area contributed by atoms with Gasteiger partial charge in [0.05, 0.1) is 0 Å². The van der Waals surface area contributed by atoms with Gasteiger partial charge in [0.15, 0.2) is 0 Å². The summed E-state index contributed by atoms with van der Waals surface area (Å²) >= 11 is 5.91. The molecule has 0 radical (unpaired) electrons. The van der Waals surface area contributed by atoms with E-state index in [4.69, 9.17) is 17.3 Å². The van der Waals surface area contributed by atoms with Gasteiger partial charge in [-0.3, -0.25) is 0 Å².